The average molecular weight is 389 g/mol. The highest BCUT2D eigenvalue weighted by molar-refractivity contribution is 9.11. The van der Waals surface area contributed by atoms with E-state index in [1.165, 1.54) is 18.2 Å². The van der Waals surface area contributed by atoms with Gasteiger partial charge in [-0.05, 0) is 62.2 Å². The van der Waals surface area contributed by atoms with E-state index >= 15 is 0 Å². The Kier molecular flexibility index (Phi) is 4.21. The molecule has 98 valence electrons. The smallest absolute Gasteiger partial charge is 0.255 e. The van der Waals surface area contributed by atoms with Gasteiger partial charge >= 0.3 is 0 Å². The molecular weight excluding hydrogens is 381 g/mol. The lowest BCUT2D eigenvalue weighted by molar-refractivity contribution is 0.102. The number of nitrogens with one attached hydrogen (secondary N) is 1. The van der Waals surface area contributed by atoms with Crippen LogP contribution in [-0.2, 0) is 0 Å². The lowest BCUT2D eigenvalue weighted by Crippen LogP contribution is -2.12. The van der Waals surface area contributed by atoms with Crippen molar-refractivity contribution in [1.29, 1.82) is 0 Å². The Bertz CT molecular complexity index is 623. The van der Waals surface area contributed by atoms with Crippen molar-refractivity contribution in [3.05, 3.63) is 56.7 Å². The van der Waals surface area contributed by atoms with Gasteiger partial charge in [0, 0.05) is 11.3 Å². The maximum Gasteiger partial charge on any atom is 0.255 e. The Morgan fingerprint density at radius 1 is 1.16 bits per heavy atom. The summed E-state index contributed by atoms with van der Waals surface area (Å²) in [7, 11) is 0. The van der Waals surface area contributed by atoms with E-state index < -0.39 is 11.7 Å². The van der Waals surface area contributed by atoms with Gasteiger partial charge in [-0.3, -0.25) is 4.79 Å². The van der Waals surface area contributed by atoms with Gasteiger partial charge in [0.1, 0.15) is 11.6 Å². The summed E-state index contributed by atoms with van der Waals surface area (Å²) >= 11 is 6.33. The fourth-order valence-electron chi connectivity index (χ4n) is 1.47. The van der Waals surface area contributed by atoms with Crippen LogP contribution in [0.4, 0.5) is 10.1 Å². The third-order valence-corrected chi connectivity index (χ3v) is 3.57. The number of anilines is 1. The first-order chi connectivity index (χ1) is 8.97. The number of phenolic OH excluding ortho intramolecular Hbond substituents is 1. The van der Waals surface area contributed by atoms with Crippen molar-refractivity contribution in [1.82, 2.24) is 0 Å². The Morgan fingerprint density at radius 3 is 2.37 bits per heavy atom. The number of carbonyl (C=O) groups excluding carboxylic acids is 1. The van der Waals surface area contributed by atoms with E-state index in [9.17, 15) is 14.3 Å². The molecule has 0 fully saturated rings. The second-order valence-corrected chi connectivity index (χ2v) is 5.46. The lowest BCUT2D eigenvalue weighted by atomic mass is 10.2. The van der Waals surface area contributed by atoms with Gasteiger partial charge < -0.3 is 10.4 Å². The quantitative estimate of drug-likeness (QED) is 0.753. The van der Waals surface area contributed by atoms with Crippen LogP contribution in [0, 0.1) is 5.82 Å². The Morgan fingerprint density at radius 2 is 1.79 bits per heavy atom. The summed E-state index contributed by atoms with van der Waals surface area (Å²) in [5.41, 5.74) is 0.700. The Labute approximate surface area is 125 Å². The van der Waals surface area contributed by atoms with Gasteiger partial charge in [-0.25, -0.2) is 4.39 Å². The summed E-state index contributed by atoms with van der Waals surface area (Å²) in [6, 6.07) is 8.51. The molecule has 1 amide bonds. The van der Waals surface area contributed by atoms with Crippen LogP contribution in [0.5, 0.6) is 5.75 Å². The zero-order valence-corrected chi connectivity index (χ0v) is 12.6. The number of aromatic hydroxyl groups is 1. The molecule has 3 nitrogen and oxygen atoms in total. The van der Waals surface area contributed by atoms with Crippen molar-refractivity contribution >= 4 is 43.5 Å². The largest absolute Gasteiger partial charge is 0.506 e. The van der Waals surface area contributed by atoms with E-state index in [0.717, 1.165) is 6.07 Å². The zero-order chi connectivity index (χ0) is 14.0. The van der Waals surface area contributed by atoms with E-state index in [1.807, 2.05) is 0 Å². The summed E-state index contributed by atoms with van der Waals surface area (Å²) in [4.78, 5) is 11.9. The highest BCUT2D eigenvalue weighted by Crippen LogP contribution is 2.35. The lowest BCUT2D eigenvalue weighted by Gasteiger charge is -2.08. The molecule has 0 heterocycles. The molecule has 2 aromatic rings. The predicted octanol–water partition coefficient (Wildman–Crippen LogP) is 4.31. The number of halogens is 3. The van der Waals surface area contributed by atoms with Gasteiger partial charge in [0.05, 0.1) is 8.95 Å². The fraction of sp³-hybridized carbons (Fsp3) is 0. The number of amides is 1. The number of rotatable bonds is 2. The maximum absolute atomic E-state index is 13.0. The second kappa shape index (κ2) is 5.71. The molecule has 0 saturated carbocycles. The van der Waals surface area contributed by atoms with Crippen molar-refractivity contribution in [3.8, 4) is 5.75 Å². The first-order valence-corrected chi connectivity index (χ1v) is 6.81. The molecule has 0 aliphatic rings. The van der Waals surface area contributed by atoms with Crippen molar-refractivity contribution in [2.75, 3.05) is 5.32 Å². The Hall–Kier alpha value is -1.40. The molecule has 0 aliphatic carbocycles. The van der Waals surface area contributed by atoms with Gasteiger partial charge in [-0.15, -0.1) is 0 Å². The summed E-state index contributed by atoms with van der Waals surface area (Å²) in [6.45, 7) is 0. The molecule has 0 radical (unpaired) electrons. The maximum atomic E-state index is 13.0. The van der Waals surface area contributed by atoms with Crippen LogP contribution in [0.15, 0.2) is 45.3 Å². The molecule has 0 spiro atoms. The third kappa shape index (κ3) is 3.33. The van der Waals surface area contributed by atoms with E-state index in [1.54, 1.807) is 12.1 Å². The van der Waals surface area contributed by atoms with Gasteiger partial charge in [0.25, 0.3) is 5.91 Å². The van der Waals surface area contributed by atoms with Crippen LogP contribution in [0.25, 0.3) is 0 Å². The normalized spacial score (nSPS) is 10.3. The van der Waals surface area contributed by atoms with Crippen LogP contribution in [-0.4, -0.2) is 11.0 Å². The van der Waals surface area contributed by atoms with Crippen molar-refractivity contribution in [2.45, 2.75) is 0 Å². The molecule has 0 saturated heterocycles. The molecule has 0 bridgehead atoms. The summed E-state index contributed by atoms with van der Waals surface area (Å²) < 4.78 is 13.9. The molecule has 2 rings (SSSR count). The minimum absolute atomic E-state index is 0.0451. The second-order valence-electron chi connectivity index (χ2n) is 3.75. The monoisotopic (exact) mass is 387 g/mol. The van der Waals surface area contributed by atoms with E-state index in [0.29, 0.717) is 14.6 Å². The minimum atomic E-state index is -0.472. The first kappa shape index (κ1) is 14.0. The van der Waals surface area contributed by atoms with Crippen molar-refractivity contribution in [2.24, 2.45) is 0 Å². The molecule has 2 N–H and O–H groups in total. The molecule has 0 aliphatic heterocycles. The van der Waals surface area contributed by atoms with E-state index in [2.05, 4.69) is 37.2 Å². The van der Waals surface area contributed by atoms with Crippen LogP contribution in [0.3, 0.4) is 0 Å². The summed E-state index contributed by atoms with van der Waals surface area (Å²) in [5, 5.41) is 12.2. The minimum Gasteiger partial charge on any atom is -0.506 e. The standard InChI is InChI=1S/C13H8Br2FNO2/c14-10-5-9(6-11(15)12(10)18)17-13(19)7-2-1-3-8(16)4-7/h1-6,18H,(H,17,19). The molecule has 0 aromatic heterocycles. The molecule has 0 unspecified atom stereocenters. The molecular formula is C13H8Br2FNO2. The fourth-order valence-corrected chi connectivity index (χ4v) is 2.66. The summed E-state index contributed by atoms with van der Waals surface area (Å²) in [6.07, 6.45) is 0. The first-order valence-electron chi connectivity index (χ1n) is 5.22. The number of benzene rings is 2. The molecule has 6 heteroatoms. The topological polar surface area (TPSA) is 49.3 Å². The average Bonchev–Trinajstić information content (AvgIpc) is 2.36. The SMILES string of the molecule is O=C(Nc1cc(Br)c(O)c(Br)c1)c1cccc(F)c1. The van der Waals surface area contributed by atoms with Gasteiger partial charge in [0.2, 0.25) is 0 Å². The summed E-state index contributed by atoms with van der Waals surface area (Å²) in [5.74, 6) is -0.853. The highest BCUT2D eigenvalue weighted by atomic mass is 79.9. The van der Waals surface area contributed by atoms with Gasteiger partial charge in [-0.1, -0.05) is 6.07 Å². The number of phenols is 1. The highest BCUT2D eigenvalue weighted by Gasteiger charge is 2.10. The Balaban J connectivity index is 2.24. The molecule has 2 aromatic carbocycles. The van der Waals surface area contributed by atoms with E-state index in [-0.39, 0.29) is 11.3 Å². The van der Waals surface area contributed by atoms with Crippen LogP contribution < -0.4 is 5.32 Å². The van der Waals surface area contributed by atoms with Crippen LogP contribution in [0.1, 0.15) is 10.4 Å². The van der Waals surface area contributed by atoms with Crippen LogP contribution >= 0.6 is 31.9 Å². The van der Waals surface area contributed by atoms with Crippen LogP contribution in [0.2, 0.25) is 0 Å². The number of hydrogen-bond donors (Lipinski definition) is 2. The van der Waals surface area contributed by atoms with Gasteiger partial charge in [0.15, 0.2) is 0 Å². The number of carbonyl (C=O) groups is 1. The van der Waals surface area contributed by atoms with E-state index in [4.69, 9.17) is 0 Å². The zero-order valence-electron chi connectivity index (χ0n) is 9.45. The van der Waals surface area contributed by atoms with Crippen molar-refractivity contribution < 1.29 is 14.3 Å². The number of hydrogen-bond acceptors (Lipinski definition) is 2. The molecule has 0 atom stereocenters. The van der Waals surface area contributed by atoms with Crippen molar-refractivity contribution in [3.63, 3.8) is 0 Å². The van der Waals surface area contributed by atoms with Gasteiger partial charge in [-0.2, -0.15) is 0 Å². The predicted molar refractivity (Wildman–Crippen MR) is 77.9 cm³/mol. The third-order valence-electron chi connectivity index (χ3n) is 2.36. The molecule has 19 heavy (non-hydrogen) atoms.